The van der Waals surface area contributed by atoms with Crippen molar-refractivity contribution in [2.75, 3.05) is 12.3 Å². The van der Waals surface area contributed by atoms with Crippen molar-refractivity contribution in [2.45, 2.75) is 6.92 Å². The topological polar surface area (TPSA) is 65.2 Å². The van der Waals surface area contributed by atoms with Crippen molar-refractivity contribution >= 4 is 38.5 Å². The highest BCUT2D eigenvalue weighted by Gasteiger charge is 2.16. The summed E-state index contributed by atoms with van der Waals surface area (Å²) in [5, 5.41) is 0.382. The summed E-state index contributed by atoms with van der Waals surface area (Å²) >= 11 is 3.20. The second-order valence-electron chi connectivity index (χ2n) is 3.59. The molecule has 2 aromatic rings. The van der Waals surface area contributed by atoms with E-state index in [1.165, 1.54) is 18.3 Å². The van der Waals surface area contributed by atoms with Crippen LogP contribution in [-0.2, 0) is 4.74 Å². The van der Waals surface area contributed by atoms with E-state index in [0.717, 1.165) is 0 Å². The third-order valence-corrected chi connectivity index (χ3v) is 3.03. The van der Waals surface area contributed by atoms with Crippen LogP contribution in [0, 0.1) is 5.82 Å². The standard InChI is InChI=1S/C12H10BrFN2O2/c1-2-18-12(17)8-5-16-11-7(10(8)15)3-6(14)4-9(11)13/h3-5H,2H2,1H3,(H2,15,16). The zero-order valence-corrected chi connectivity index (χ0v) is 11.1. The van der Waals surface area contributed by atoms with E-state index < -0.39 is 11.8 Å². The highest BCUT2D eigenvalue weighted by atomic mass is 79.9. The second kappa shape index (κ2) is 4.89. The lowest BCUT2D eigenvalue weighted by Gasteiger charge is -2.08. The van der Waals surface area contributed by atoms with Gasteiger partial charge in [0.25, 0.3) is 0 Å². The molecular weight excluding hydrogens is 303 g/mol. The Morgan fingerprint density at radius 3 is 2.94 bits per heavy atom. The van der Waals surface area contributed by atoms with Gasteiger partial charge < -0.3 is 10.5 Å². The molecule has 0 saturated carbocycles. The number of fused-ring (bicyclic) bond motifs is 1. The van der Waals surface area contributed by atoms with Crippen LogP contribution in [0.4, 0.5) is 10.1 Å². The molecule has 0 saturated heterocycles. The first kappa shape index (κ1) is 12.8. The lowest BCUT2D eigenvalue weighted by molar-refractivity contribution is 0.0527. The van der Waals surface area contributed by atoms with Crippen LogP contribution in [0.25, 0.3) is 10.9 Å². The van der Waals surface area contributed by atoms with E-state index in [1.54, 1.807) is 6.92 Å². The number of anilines is 1. The van der Waals surface area contributed by atoms with E-state index in [-0.39, 0.29) is 17.9 Å². The van der Waals surface area contributed by atoms with Crippen molar-refractivity contribution in [2.24, 2.45) is 0 Å². The Balaban J connectivity index is 2.67. The number of ether oxygens (including phenoxy) is 1. The molecule has 0 amide bonds. The van der Waals surface area contributed by atoms with Crippen LogP contribution in [0.15, 0.2) is 22.8 Å². The van der Waals surface area contributed by atoms with Crippen LogP contribution in [0.2, 0.25) is 0 Å². The molecule has 2 rings (SSSR count). The number of hydrogen-bond acceptors (Lipinski definition) is 4. The van der Waals surface area contributed by atoms with Gasteiger partial charge in [-0.15, -0.1) is 0 Å². The maximum atomic E-state index is 13.3. The van der Waals surface area contributed by atoms with Crippen molar-refractivity contribution < 1.29 is 13.9 Å². The first-order valence-corrected chi connectivity index (χ1v) is 6.04. The minimum Gasteiger partial charge on any atom is -0.462 e. The average molecular weight is 313 g/mol. The molecule has 4 nitrogen and oxygen atoms in total. The summed E-state index contributed by atoms with van der Waals surface area (Å²) in [5.41, 5.74) is 6.67. The molecule has 94 valence electrons. The fourth-order valence-electron chi connectivity index (χ4n) is 1.62. The summed E-state index contributed by atoms with van der Waals surface area (Å²) < 4.78 is 18.7. The Labute approximate surface area is 111 Å². The van der Waals surface area contributed by atoms with Gasteiger partial charge in [0, 0.05) is 16.1 Å². The van der Waals surface area contributed by atoms with Gasteiger partial charge in [-0.05, 0) is 35.0 Å². The number of aromatic nitrogens is 1. The Morgan fingerprint density at radius 1 is 1.56 bits per heavy atom. The van der Waals surface area contributed by atoms with Crippen molar-refractivity contribution in [1.82, 2.24) is 4.98 Å². The summed E-state index contributed by atoms with van der Waals surface area (Å²) in [4.78, 5) is 15.7. The smallest absolute Gasteiger partial charge is 0.341 e. The van der Waals surface area contributed by atoms with E-state index in [9.17, 15) is 9.18 Å². The molecule has 1 heterocycles. The third-order valence-electron chi connectivity index (χ3n) is 2.43. The summed E-state index contributed by atoms with van der Waals surface area (Å²) in [7, 11) is 0. The van der Waals surface area contributed by atoms with Crippen LogP contribution in [-0.4, -0.2) is 17.6 Å². The SMILES string of the molecule is CCOC(=O)c1cnc2c(Br)cc(F)cc2c1N. The summed E-state index contributed by atoms with van der Waals surface area (Å²) in [6.45, 7) is 1.93. The summed E-state index contributed by atoms with van der Waals surface area (Å²) in [6.07, 6.45) is 1.33. The normalized spacial score (nSPS) is 10.6. The van der Waals surface area contributed by atoms with Crippen LogP contribution in [0.1, 0.15) is 17.3 Å². The molecule has 1 aromatic heterocycles. The van der Waals surface area contributed by atoms with E-state index in [2.05, 4.69) is 20.9 Å². The number of carbonyl (C=O) groups is 1. The lowest BCUT2D eigenvalue weighted by Crippen LogP contribution is -2.09. The highest BCUT2D eigenvalue weighted by Crippen LogP contribution is 2.29. The van der Waals surface area contributed by atoms with Gasteiger partial charge in [0.1, 0.15) is 11.4 Å². The van der Waals surface area contributed by atoms with Gasteiger partial charge in [-0.3, -0.25) is 4.98 Å². The predicted octanol–water partition coefficient (Wildman–Crippen LogP) is 2.90. The van der Waals surface area contributed by atoms with Gasteiger partial charge in [-0.25, -0.2) is 9.18 Å². The van der Waals surface area contributed by atoms with Gasteiger partial charge in [-0.2, -0.15) is 0 Å². The molecule has 0 aliphatic rings. The molecule has 18 heavy (non-hydrogen) atoms. The average Bonchev–Trinajstić information content (AvgIpc) is 2.30. The fraction of sp³-hybridized carbons (Fsp3) is 0.167. The van der Waals surface area contributed by atoms with Crippen LogP contribution in [0.5, 0.6) is 0 Å². The zero-order valence-electron chi connectivity index (χ0n) is 9.54. The molecule has 6 heteroatoms. The molecule has 0 bridgehead atoms. The molecule has 0 aliphatic carbocycles. The lowest BCUT2D eigenvalue weighted by atomic mass is 10.1. The maximum absolute atomic E-state index is 13.3. The zero-order chi connectivity index (χ0) is 13.3. The van der Waals surface area contributed by atoms with E-state index in [0.29, 0.717) is 15.4 Å². The third kappa shape index (κ3) is 2.15. The minimum absolute atomic E-state index is 0.141. The number of benzene rings is 1. The molecule has 0 radical (unpaired) electrons. The molecule has 0 fully saturated rings. The Bertz CT molecular complexity index is 631. The molecule has 0 atom stereocenters. The number of carbonyl (C=O) groups excluding carboxylic acids is 1. The number of pyridine rings is 1. The van der Waals surface area contributed by atoms with Gasteiger partial charge in [0.2, 0.25) is 0 Å². The van der Waals surface area contributed by atoms with Gasteiger partial charge in [0.05, 0.1) is 17.8 Å². The Hall–Kier alpha value is -1.69. The van der Waals surface area contributed by atoms with Crippen molar-refractivity contribution in [1.29, 1.82) is 0 Å². The van der Waals surface area contributed by atoms with Gasteiger partial charge in [-0.1, -0.05) is 0 Å². The molecule has 0 aliphatic heterocycles. The van der Waals surface area contributed by atoms with Gasteiger partial charge in [0.15, 0.2) is 0 Å². The number of nitrogens with zero attached hydrogens (tertiary/aromatic N) is 1. The van der Waals surface area contributed by atoms with Crippen LogP contribution >= 0.6 is 15.9 Å². The number of esters is 1. The quantitative estimate of drug-likeness (QED) is 0.866. The molecule has 2 N–H and O–H groups in total. The summed E-state index contributed by atoms with van der Waals surface area (Å²) in [6, 6.07) is 2.53. The second-order valence-corrected chi connectivity index (χ2v) is 4.44. The monoisotopic (exact) mass is 312 g/mol. The minimum atomic E-state index is -0.565. The first-order chi connectivity index (χ1) is 8.54. The number of halogens is 2. The van der Waals surface area contributed by atoms with Crippen molar-refractivity contribution in [3.8, 4) is 0 Å². The van der Waals surface area contributed by atoms with Crippen molar-refractivity contribution in [3.05, 3.63) is 34.2 Å². The largest absolute Gasteiger partial charge is 0.462 e. The van der Waals surface area contributed by atoms with E-state index in [1.807, 2.05) is 0 Å². The van der Waals surface area contributed by atoms with Gasteiger partial charge >= 0.3 is 5.97 Å². The van der Waals surface area contributed by atoms with E-state index >= 15 is 0 Å². The number of nitrogen functional groups attached to an aromatic ring is 1. The van der Waals surface area contributed by atoms with Crippen LogP contribution < -0.4 is 5.73 Å². The number of rotatable bonds is 2. The summed E-state index contributed by atoms with van der Waals surface area (Å²) in [5.74, 6) is -1.02. The highest BCUT2D eigenvalue weighted by molar-refractivity contribution is 9.10. The molecule has 0 spiro atoms. The fourth-order valence-corrected chi connectivity index (χ4v) is 2.15. The van der Waals surface area contributed by atoms with E-state index in [4.69, 9.17) is 10.5 Å². The first-order valence-electron chi connectivity index (χ1n) is 5.25. The Kier molecular flexibility index (Phi) is 3.47. The Morgan fingerprint density at radius 2 is 2.28 bits per heavy atom. The van der Waals surface area contributed by atoms with Crippen molar-refractivity contribution in [3.63, 3.8) is 0 Å². The molecule has 0 unspecified atom stereocenters. The number of hydrogen-bond donors (Lipinski definition) is 1. The van der Waals surface area contributed by atoms with Crippen LogP contribution in [0.3, 0.4) is 0 Å². The number of nitrogens with two attached hydrogens (primary N) is 1. The maximum Gasteiger partial charge on any atom is 0.341 e. The predicted molar refractivity (Wildman–Crippen MR) is 69.8 cm³/mol. The molecule has 1 aromatic carbocycles. The molecular formula is C12H10BrFN2O2.